The molecule has 1 aliphatic heterocycles. The van der Waals surface area contributed by atoms with Crippen LogP contribution < -0.4 is 10.6 Å². The van der Waals surface area contributed by atoms with Gasteiger partial charge in [0.2, 0.25) is 5.91 Å². The zero-order valence-electron chi connectivity index (χ0n) is 10.1. The largest absolute Gasteiger partial charge is 0.378 e. The maximum atomic E-state index is 12.1. The van der Waals surface area contributed by atoms with Gasteiger partial charge < -0.3 is 20.3 Å². The third-order valence-corrected chi connectivity index (χ3v) is 3.19. The molecule has 0 spiro atoms. The lowest BCUT2D eigenvalue weighted by atomic mass is 10.2. The summed E-state index contributed by atoms with van der Waals surface area (Å²) in [5.74, 6) is 0.0910. The summed E-state index contributed by atoms with van der Waals surface area (Å²) in [6.07, 6.45) is 2.35. The first-order valence-electron chi connectivity index (χ1n) is 6.10. The van der Waals surface area contributed by atoms with Crippen molar-refractivity contribution in [2.24, 2.45) is 0 Å². The molecule has 0 radical (unpaired) electrons. The second kappa shape index (κ2) is 5.64. The first kappa shape index (κ1) is 12.6. The summed E-state index contributed by atoms with van der Waals surface area (Å²) in [6, 6.07) is 0.243. The van der Waals surface area contributed by atoms with Crippen LogP contribution in [0.4, 0.5) is 0 Å². The quantitative estimate of drug-likeness (QED) is 0.689. The summed E-state index contributed by atoms with van der Waals surface area (Å²) < 4.78 is 5.22. The Labute approximate surface area is 107 Å². The minimum absolute atomic E-state index is 0.0910. The van der Waals surface area contributed by atoms with Gasteiger partial charge in [-0.3, -0.25) is 4.79 Å². The fourth-order valence-corrected chi connectivity index (χ4v) is 2.11. The predicted octanol–water partition coefficient (Wildman–Crippen LogP) is -0.140. The van der Waals surface area contributed by atoms with Gasteiger partial charge in [-0.25, -0.2) is 0 Å². The molecule has 17 heavy (non-hydrogen) atoms. The Morgan fingerprint density at radius 2 is 2.06 bits per heavy atom. The van der Waals surface area contributed by atoms with Crippen LogP contribution >= 0.6 is 12.2 Å². The van der Waals surface area contributed by atoms with Gasteiger partial charge >= 0.3 is 0 Å². The molecular formula is C11H19N3O2S. The van der Waals surface area contributed by atoms with E-state index in [4.69, 9.17) is 17.0 Å². The highest BCUT2D eigenvalue weighted by molar-refractivity contribution is 7.80. The molecule has 1 aliphatic carbocycles. The number of hydrogen-bond donors (Lipinski definition) is 2. The SMILES string of the molecule is CC(NC(=S)NC1CC1)C(=O)N1CCOCC1. The van der Waals surface area contributed by atoms with E-state index < -0.39 is 0 Å². The highest BCUT2D eigenvalue weighted by atomic mass is 32.1. The summed E-state index contributed by atoms with van der Waals surface area (Å²) in [5, 5.41) is 6.79. The van der Waals surface area contributed by atoms with E-state index in [-0.39, 0.29) is 11.9 Å². The zero-order chi connectivity index (χ0) is 12.3. The molecule has 5 nitrogen and oxygen atoms in total. The molecule has 2 fully saturated rings. The van der Waals surface area contributed by atoms with Crippen LogP contribution in [0.2, 0.25) is 0 Å². The Morgan fingerprint density at radius 3 is 2.65 bits per heavy atom. The lowest BCUT2D eigenvalue weighted by molar-refractivity contribution is -0.136. The molecule has 1 atom stereocenters. The molecule has 2 N–H and O–H groups in total. The maximum Gasteiger partial charge on any atom is 0.244 e. The molecule has 1 heterocycles. The standard InChI is InChI=1S/C11H19N3O2S/c1-8(12-11(17)13-9-2-3-9)10(15)14-4-6-16-7-5-14/h8-9H,2-7H2,1H3,(H2,12,13,17). The monoisotopic (exact) mass is 257 g/mol. The van der Waals surface area contributed by atoms with Crippen LogP contribution in [0.3, 0.4) is 0 Å². The molecule has 0 aromatic rings. The van der Waals surface area contributed by atoms with Crippen molar-refractivity contribution in [2.75, 3.05) is 26.3 Å². The number of carbonyl (C=O) groups is 1. The molecule has 1 unspecified atom stereocenters. The normalized spacial score (nSPS) is 21.8. The van der Waals surface area contributed by atoms with Gasteiger partial charge in [0.05, 0.1) is 13.2 Å². The Bertz CT molecular complexity index is 301. The third kappa shape index (κ3) is 3.81. The number of hydrogen-bond acceptors (Lipinski definition) is 3. The van der Waals surface area contributed by atoms with Gasteiger partial charge in [-0.05, 0) is 32.0 Å². The summed E-state index contributed by atoms with van der Waals surface area (Å²) >= 11 is 5.15. The van der Waals surface area contributed by atoms with Crippen LogP contribution in [0, 0.1) is 0 Å². The summed E-state index contributed by atoms with van der Waals surface area (Å²) in [7, 11) is 0. The Morgan fingerprint density at radius 1 is 1.41 bits per heavy atom. The minimum atomic E-state index is -0.271. The van der Waals surface area contributed by atoms with Crippen molar-refractivity contribution in [1.82, 2.24) is 15.5 Å². The lowest BCUT2D eigenvalue weighted by Gasteiger charge is -2.29. The number of carbonyl (C=O) groups excluding carboxylic acids is 1. The van der Waals surface area contributed by atoms with Crippen LogP contribution in [0.5, 0.6) is 0 Å². The summed E-state index contributed by atoms with van der Waals surface area (Å²) in [6.45, 7) is 4.45. The maximum absolute atomic E-state index is 12.1. The Balaban J connectivity index is 1.74. The molecule has 6 heteroatoms. The van der Waals surface area contributed by atoms with E-state index in [9.17, 15) is 4.79 Å². The number of amides is 1. The lowest BCUT2D eigenvalue weighted by Crippen LogP contribution is -2.52. The zero-order valence-corrected chi connectivity index (χ0v) is 10.9. The molecular weight excluding hydrogens is 238 g/mol. The molecule has 2 aliphatic rings. The van der Waals surface area contributed by atoms with Crippen molar-refractivity contribution in [3.8, 4) is 0 Å². The van der Waals surface area contributed by atoms with Gasteiger partial charge in [-0.1, -0.05) is 0 Å². The van der Waals surface area contributed by atoms with Crippen LogP contribution in [0.25, 0.3) is 0 Å². The van der Waals surface area contributed by atoms with Crippen molar-refractivity contribution < 1.29 is 9.53 Å². The number of nitrogens with zero attached hydrogens (tertiary/aromatic N) is 1. The molecule has 0 aromatic carbocycles. The summed E-state index contributed by atoms with van der Waals surface area (Å²) in [5.41, 5.74) is 0. The van der Waals surface area contributed by atoms with Crippen molar-refractivity contribution >= 4 is 23.2 Å². The van der Waals surface area contributed by atoms with Crippen LogP contribution in [-0.2, 0) is 9.53 Å². The minimum Gasteiger partial charge on any atom is -0.378 e. The number of ether oxygens (including phenoxy) is 1. The van der Waals surface area contributed by atoms with Gasteiger partial charge in [-0.15, -0.1) is 0 Å². The number of morpholine rings is 1. The van der Waals surface area contributed by atoms with E-state index in [1.54, 1.807) is 0 Å². The van der Waals surface area contributed by atoms with Gasteiger partial charge in [0.15, 0.2) is 5.11 Å². The van der Waals surface area contributed by atoms with Crippen LogP contribution in [-0.4, -0.2) is 54.3 Å². The van der Waals surface area contributed by atoms with Gasteiger partial charge in [-0.2, -0.15) is 0 Å². The second-order valence-corrected chi connectivity index (χ2v) is 4.96. The molecule has 96 valence electrons. The van der Waals surface area contributed by atoms with Crippen LogP contribution in [0.15, 0.2) is 0 Å². The van der Waals surface area contributed by atoms with E-state index in [0.717, 1.165) is 0 Å². The van der Waals surface area contributed by atoms with E-state index in [0.29, 0.717) is 37.5 Å². The highest BCUT2D eigenvalue weighted by Gasteiger charge is 2.25. The van der Waals surface area contributed by atoms with Crippen molar-refractivity contribution in [3.63, 3.8) is 0 Å². The average molecular weight is 257 g/mol. The van der Waals surface area contributed by atoms with Crippen LogP contribution in [0.1, 0.15) is 19.8 Å². The molecule has 1 saturated heterocycles. The number of nitrogens with one attached hydrogen (secondary N) is 2. The molecule has 2 rings (SSSR count). The number of thiocarbonyl (C=S) groups is 1. The summed E-state index contributed by atoms with van der Waals surface area (Å²) in [4.78, 5) is 13.9. The average Bonchev–Trinajstić information content (AvgIpc) is 3.12. The Hall–Kier alpha value is -0.880. The van der Waals surface area contributed by atoms with E-state index >= 15 is 0 Å². The predicted molar refractivity (Wildman–Crippen MR) is 68.8 cm³/mol. The molecule has 0 bridgehead atoms. The van der Waals surface area contributed by atoms with Gasteiger partial charge in [0.25, 0.3) is 0 Å². The van der Waals surface area contributed by atoms with Crippen molar-refractivity contribution in [2.45, 2.75) is 31.8 Å². The highest BCUT2D eigenvalue weighted by Crippen LogP contribution is 2.18. The third-order valence-electron chi connectivity index (χ3n) is 2.95. The molecule has 1 amide bonds. The second-order valence-electron chi connectivity index (χ2n) is 4.55. The van der Waals surface area contributed by atoms with E-state index in [1.807, 2.05) is 11.8 Å². The topological polar surface area (TPSA) is 53.6 Å². The number of rotatable bonds is 3. The molecule has 1 saturated carbocycles. The first-order valence-corrected chi connectivity index (χ1v) is 6.51. The first-order chi connectivity index (χ1) is 8.16. The smallest absolute Gasteiger partial charge is 0.244 e. The van der Waals surface area contributed by atoms with Gasteiger partial charge in [0.1, 0.15) is 6.04 Å². The van der Waals surface area contributed by atoms with Crippen molar-refractivity contribution in [1.29, 1.82) is 0 Å². The Kier molecular flexibility index (Phi) is 4.17. The fraction of sp³-hybridized carbons (Fsp3) is 0.818. The molecule has 0 aromatic heterocycles. The van der Waals surface area contributed by atoms with Crippen molar-refractivity contribution in [3.05, 3.63) is 0 Å². The van der Waals surface area contributed by atoms with E-state index in [2.05, 4.69) is 10.6 Å². The van der Waals surface area contributed by atoms with Gasteiger partial charge in [0, 0.05) is 19.1 Å². The van der Waals surface area contributed by atoms with E-state index in [1.165, 1.54) is 12.8 Å². The fourth-order valence-electron chi connectivity index (χ4n) is 1.77.